The molecule has 9 heteroatoms. The summed E-state index contributed by atoms with van der Waals surface area (Å²) in [5.74, 6) is -2.75. The number of rotatable bonds is 3. The number of carbonyl (C=O) groups excluding carboxylic acids is 2. The fourth-order valence-corrected chi connectivity index (χ4v) is 3.06. The Morgan fingerprint density at radius 3 is 2.48 bits per heavy atom. The average molecular weight is 339 g/mol. The van der Waals surface area contributed by atoms with Gasteiger partial charge in [0.1, 0.15) is 23.4 Å². The van der Waals surface area contributed by atoms with Crippen LogP contribution in [-0.2, 0) is 4.79 Å². The van der Waals surface area contributed by atoms with E-state index in [1.54, 1.807) is 12.3 Å². The summed E-state index contributed by atoms with van der Waals surface area (Å²) < 4.78 is 33.0. The second kappa shape index (κ2) is 5.58. The van der Waals surface area contributed by atoms with Crippen molar-refractivity contribution in [3.05, 3.63) is 40.4 Å². The number of nitrogens with one attached hydrogen (secondary N) is 1. The molecule has 3 rings (SSSR count). The molecule has 2 aromatic rings. The Bertz CT molecular complexity index is 785. The van der Waals surface area contributed by atoms with Crippen LogP contribution in [0.3, 0.4) is 0 Å². The quantitative estimate of drug-likeness (QED) is 0.873. The predicted molar refractivity (Wildman–Crippen MR) is 78.5 cm³/mol. The van der Waals surface area contributed by atoms with Gasteiger partial charge in [-0.25, -0.2) is 23.5 Å². The lowest BCUT2D eigenvalue weighted by molar-refractivity contribution is -0.118. The number of nitrogens with zero attached hydrogens (tertiary/aromatic N) is 2. The highest BCUT2D eigenvalue weighted by Crippen LogP contribution is 2.33. The Balaban J connectivity index is 2.00. The van der Waals surface area contributed by atoms with Gasteiger partial charge in [0.2, 0.25) is 5.13 Å². The van der Waals surface area contributed by atoms with Crippen molar-refractivity contribution in [3.8, 4) is 5.75 Å². The van der Waals surface area contributed by atoms with Crippen LogP contribution in [-0.4, -0.2) is 24.0 Å². The van der Waals surface area contributed by atoms with Gasteiger partial charge < -0.3 is 10.1 Å². The number of aryl methyl sites for hydroxylation is 1. The molecular weight excluding hydrogens is 328 g/mol. The predicted octanol–water partition coefficient (Wildman–Crippen LogP) is 2.54. The molecule has 0 spiro atoms. The number of hydrogen-bond donors (Lipinski definition) is 1. The van der Waals surface area contributed by atoms with Gasteiger partial charge in [-0.05, 0) is 6.92 Å². The summed E-state index contributed by atoms with van der Waals surface area (Å²) in [5, 5.41) is 4.10. The molecule has 1 aromatic carbocycles. The Labute approximate surface area is 133 Å². The fraction of sp³-hybridized carbons (Fsp3) is 0.214. The SMILES string of the molecule is COc1cc(F)c(C2NC(=O)N(c3nc(C)cs3)C2=O)c(F)c1. The van der Waals surface area contributed by atoms with Gasteiger partial charge in [0.15, 0.2) is 0 Å². The maximum absolute atomic E-state index is 14.1. The fourth-order valence-electron chi connectivity index (χ4n) is 2.25. The molecule has 120 valence electrons. The number of methoxy groups -OCH3 is 1. The molecule has 6 nitrogen and oxygen atoms in total. The lowest BCUT2D eigenvalue weighted by atomic mass is 10.1. The third kappa shape index (κ3) is 2.52. The van der Waals surface area contributed by atoms with Gasteiger partial charge in [-0.1, -0.05) is 0 Å². The topological polar surface area (TPSA) is 71.5 Å². The summed E-state index contributed by atoms with van der Waals surface area (Å²) in [5.41, 5.74) is 0.107. The highest BCUT2D eigenvalue weighted by atomic mass is 32.1. The number of ether oxygens (including phenoxy) is 1. The second-order valence-electron chi connectivity index (χ2n) is 4.83. The molecule has 2 heterocycles. The highest BCUT2D eigenvalue weighted by molar-refractivity contribution is 7.14. The van der Waals surface area contributed by atoms with E-state index in [1.165, 1.54) is 7.11 Å². The molecule has 0 aliphatic carbocycles. The first-order chi connectivity index (χ1) is 10.9. The monoisotopic (exact) mass is 339 g/mol. The number of imide groups is 1. The first-order valence-electron chi connectivity index (χ1n) is 6.52. The maximum Gasteiger partial charge on any atom is 0.331 e. The second-order valence-corrected chi connectivity index (χ2v) is 5.67. The van der Waals surface area contributed by atoms with E-state index in [0.717, 1.165) is 28.4 Å². The van der Waals surface area contributed by atoms with Crippen molar-refractivity contribution < 1.29 is 23.1 Å². The van der Waals surface area contributed by atoms with Crippen LogP contribution in [0, 0.1) is 18.6 Å². The number of amides is 3. The third-order valence-electron chi connectivity index (χ3n) is 3.31. The highest BCUT2D eigenvalue weighted by Gasteiger charge is 2.43. The molecule has 0 saturated carbocycles. The van der Waals surface area contributed by atoms with Crippen molar-refractivity contribution in [1.82, 2.24) is 10.3 Å². The van der Waals surface area contributed by atoms with Crippen molar-refractivity contribution >= 4 is 28.4 Å². The Morgan fingerprint density at radius 2 is 1.96 bits per heavy atom. The van der Waals surface area contributed by atoms with E-state index in [9.17, 15) is 18.4 Å². The minimum atomic E-state index is -1.45. The number of anilines is 1. The zero-order valence-corrected chi connectivity index (χ0v) is 12.9. The lowest BCUT2D eigenvalue weighted by Crippen LogP contribution is -2.30. The van der Waals surface area contributed by atoms with E-state index in [4.69, 9.17) is 4.74 Å². The van der Waals surface area contributed by atoms with Crippen LogP contribution in [0.1, 0.15) is 17.3 Å². The Morgan fingerprint density at radius 1 is 1.30 bits per heavy atom. The number of benzene rings is 1. The molecule has 1 aliphatic heterocycles. The lowest BCUT2D eigenvalue weighted by Gasteiger charge is -2.12. The molecule has 1 N–H and O–H groups in total. The van der Waals surface area contributed by atoms with Crippen LogP contribution in [0.4, 0.5) is 18.7 Å². The average Bonchev–Trinajstić information content (AvgIpc) is 3.02. The van der Waals surface area contributed by atoms with Gasteiger partial charge in [-0.2, -0.15) is 0 Å². The summed E-state index contributed by atoms with van der Waals surface area (Å²) in [6.45, 7) is 1.71. The molecule has 23 heavy (non-hydrogen) atoms. The van der Waals surface area contributed by atoms with E-state index in [0.29, 0.717) is 5.69 Å². The first-order valence-corrected chi connectivity index (χ1v) is 7.40. The molecule has 3 amide bonds. The van der Waals surface area contributed by atoms with E-state index in [-0.39, 0.29) is 10.9 Å². The molecule has 1 aromatic heterocycles. The van der Waals surface area contributed by atoms with Crippen molar-refractivity contribution in [2.45, 2.75) is 13.0 Å². The number of thiazole rings is 1. The van der Waals surface area contributed by atoms with Crippen LogP contribution < -0.4 is 15.0 Å². The molecule has 1 aliphatic rings. The molecule has 1 saturated heterocycles. The summed E-state index contributed by atoms with van der Waals surface area (Å²) in [6.07, 6.45) is 0. The molecule has 1 unspecified atom stereocenters. The molecule has 1 fully saturated rings. The Kier molecular flexibility index (Phi) is 3.72. The largest absolute Gasteiger partial charge is 0.497 e. The maximum atomic E-state index is 14.1. The zero-order valence-electron chi connectivity index (χ0n) is 12.1. The smallest absolute Gasteiger partial charge is 0.331 e. The minimum absolute atomic E-state index is 0.0204. The van der Waals surface area contributed by atoms with Crippen LogP contribution in [0.15, 0.2) is 17.5 Å². The summed E-state index contributed by atoms with van der Waals surface area (Å²) in [7, 11) is 1.27. The third-order valence-corrected chi connectivity index (χ3v) is 4.26. The van der Waals surface area contributed by atoms with E-state index in [1.807, 2.05) is 0 Å². The van der Waals surface area contributed by atoms with Crippen molar-refractivity contribution in [2.24, 2.45) is 0 Å². The first kappa shape index (κ1) is 15.3. The van der Waals surface area contributed by atoms with E-state index < -0.39 is 35.2 Å². The zero-order chi connectivity index (χ0) is 16.7. The number of aromatic nitrogens is 1. The van der Waals surface area contributed by atoms with Crippen molar-refractivity contribution in [1.29, 1.82) is 0 Å². The van der Waals surface area contributed by atoms with Gasteiger partial charge in [0, 0.05) is 17.5 Å². The van der Waals surface area contributed by atoms with Crippen LogP contribution >= 0.6 is 11.3 Å². The van der Waals surface area contributed by atoms with E-state index >= 15 is 0 Å². The Hall–Kier alpha value is -2.55. The van der Waals surface area contributed by atoms with Crippen LogP contribution in [0.2, 0.25) is 0 Å². The van der Waals surface area contributed by atoms with Gasteiger partial charge in [-0.15, -0.1) is 11.3 Å². The minimum Gasteiger partial charge on any atom is -0.497 e. The summed E-state index contributed by atoms with van der Waals surface area (Å²) >= 11 is 1.09. The van der Waals surface area contributed by atoms with Crippen LogP contribution in [0.25, 0.3) is 0 Å². The summed E-state index contributed by atoms with van der Waals surface area (Å²) in [4.78, 5) is 29.3. The molecular formula is C14H11F2N3O3S. The number of carbonyl (C=O) groups is 2. The molecule has 0 bridgehead atoms. The number of hydrogen-bond acceptors (Lipinski definition) is 5. The van der Waals surface area contributed by atoms with Gasteiger partial charge in [-0.3, -0.25) is 4.79 Å². The summed E-state index contributed by atoms with van der Waals surface area (Å²) in [6, 6.07) is -0.316. The van der Waals surface area contributed by atoms with E-state index in [2.05, 4.69) is 10.3 Å². The van der Waals surface area contributed by atoms with Gasteiger partial charge in [0.05, 0.1) is 18.4 Å². The van der Waals surface area contributed by atoms with Crippen molar-refractivity contribution in [2.75, 3.05) is 12.0 Å². The van der Waals surface area contributed by atoms with Crippen LogP contribution in [0.5, 0.6) is 5.75 Å². The number of urea groups is 1. The molecule has 1 atom stereocenters. The van der Waals surface area contributed by atoms with Gasteiger partial charge >= 0.3 is 6.03 Å². The molecule has 0 radical (unpaired) electrons. The normalized spacial score (nSPS) is 17.6. The van der Waals surface area contributed by atoms with Crippen molar-refractivity contribution in [3.63, 3.8) is 0 Å². The standard InChI is InChI=1S/C14H11F2N3O3S/c1-6-5-23-14(17-6)19-12(20)11(18-13(19)21)10-8(15)3-7(22-2)4-9(10)16/h3-5,11H,1-2H3,(H,18,21). The number of halogens is 2. The van der Waals surface area contributed by atoms with Gasteiger partial charge in [0.25, 0.3) is 5.91 Å².